The molecule has 0 amide bonds. The van der Waals surface area contributed by atoms with E-state index in [1.807, 2.05) is 13.8 Å². The van der Waals surface area contributed by atoms with Crippen molar-refractivity contribution in [1.82, 2.24) is 0 Å². The zero-order valence-corrected chi connectivity index (χ0v) is 14.3. The lowest BCUT2D eigenvalue weighted by atomic mass is 9.92. The highest BCUT2D eigenvalue weighted by Gasteiger charge is 2.10. The van der Waals surface area contributed by atoms with Crippen LogP contribution >= 0.6 is 0 Å². The maximum atomic E-state index is 10.5. The van der Waals surface area contributed by atoms with Crippen molar-refractivity contribution < 1.29 is 19.8 Å². The van der Waals surface area contributed by atoms with E-state index in [9.17, 15) is 19.8 Å². The van der Waals surface area contributed by atoms with E-state index in [4.69, 9.17) is 0 Å². The van der Waals surface area contributed by atoms with Gasteiger partial charge in [-0.15, -0.1) is 0 Å². The second-order valence-corrected chi connectivity index (χ2v) is 5.41. The van der Waals surface area contributed by atoms with Gasteiger partial charge < -0.3 is 19.8 Å². The number of aliphatic carboxylic acids is 2. The van der Waals surface area contributed by atoms with Crippen LogP contribution in [0.2, 0.25) is 0 Å². The van der Waals surface area contributed by atoms with Crippen molar-refractivity contribution in [2.24, 2.45) is 5.92 Å². The minimum absolute atomic E-state index is 0.108. The highest BCUT2D eigenvalue weighted by atomic mass is 16.4. The first kappa shape index (κ1) is 22.7. The third-order valence-corrected chi connectivity index (χ3v) is 3.52. The molecule has 0 spiro atoms. The third kappa shape index (κ3) is 12.2. The zero-order valence-electron chi connectivity index (χ0n) is 14.3. The average Bonchev–Trinajstić information content (AvgIpc) is 2.49. The minimum Gasteiger partial charge on any atom is -0.545 e. The molecule has 0 bridgehead atoms. The lowest BCUT2D eigenvalue weighted by Crippen LogP contribution is -2.27. The summed E-state index contributed by atoms with van der Waals surface area (Å²) in [5, 5.41) is 20.5. The van der Waals surface area contributed by atoms with Crippen molar-refractivity contribution in [2.45, 2.75) is 72.1 Å². The predicted octanol–water partition coefficient (Wildman–Crippen LogP) is 2.38. The van der Waals surface area contributed by atoms with Crippen LogP contribution in [0.25, 0.3) is 0 Å². The van der Waals surface area contributed by atoms with E-state index in [2.05, 4.69) is 20.1 Å². The first-order valence-corrected chi connectivity index (χ1v) is 8.10. The molecule has 0 aromatic heterocycles. The highest BCUT2D eigenvalue weighted by Crippen LogP contribution is 2.20. The number of carbonyl (C=O) groups is 2. The largest absolute Gasteiger partial charge is 0.545 e. The van der Waals surface area contributed by atoms with E-state index in [1.54, 1.807) is 0 Å². The summed E-state index contributed by atoms with van der Waals surface area (Å²) in [5.41, 5.74) is 0.468. The Morgan fingerprint density at radius 1 is 0.909 bits per heavy atom. The molecule has 0 fully saturated rings. The van der Waals surface area contributed by atoms with Gasteiger partial charge in [-0.3, -0.25) is 0 Å². The molecule has 0 aromatic carbocycles. The van der Waals surface area contributed by atoms with Crippen LogP contribution in [-0.4, -0.2) is 11.9 Å². The van der Waals surface area contributed by atoms with Crippen LogP contribution in [0.5, 0.6) is 0 Å². The standard InChI is InChI=1S/C11H20O2.C7H12O2/c1-4-6-7-8-10(5-2)9(3)11(12)13;1-3-4-5-6(2)7(8)9/h10H,3-8H2,1-2H3,(H,12,13);2-5H2,1H3,(H,8,9)/p-2. The van der Waals surface area contributed by atoms with Gasteiger partial charge in [0.1, 0.15) is 0 Å². The van der Waals surface area contributed by atoms with Crippen LogP contribution in [0, 0.1) is 5.92 Å². The Morgan fingerprint density at radius 3 is 1.82 bits per heavy atom. The zero-order chi connectivity index (χ0) is 17.5. The molecule has 0 rings (SSSR count). The fourth-order valence-corrected chi connectivity index (χ4v) is 1.92. The Bertz CT molecular complexity index is 358. The fourth-order valence-electron chi connectivity index (χ4n) is 1.92. The number of hydrogen-bond acceptors (Lipinski definition) is 4. The van der Waals surface area contributed by atoms with Gasteiger partial charge in [0, 0.05) is 0 Å². The van der Waals surface area contributed by atoms with Gasteiger partial charge in [-0.2, -0.15) is 0 Å². The lowest BCUT2D eigenvalue weighted by molar-refractivity contribution is -0.301. The van der Waals surface area contributed by atoms with Crippen LogP contribution in [-0.2, 0) is 9.59 Å². The van der Waals surface area contributed by atoms with Crippen LogP contribution < -0.4 is 10.2 Å². The number of carbonyl (C=O) groups excluding carboxylic acids is 2. The van der Waals surface area contributed by atoms with Crippen molar-refractivity contribution in [3.05, 3.63) is 24.3 Å². The molecule has 0 N–H and O–H groups in total. The van der Waals surface area contributed by atoms with Crippen molar-refractivity contribution in [3.63, 3.8) is 0 Å². The quantitative estimate of drug-likeness (QED) is 0.433. The molecule has 0 saturated heterocycles. The van der Waals surface area contributed by atoms with E-state index in [-0.39, 0.29) is 17.1 Å². The third-order valence-electron chi connectivity index (χ3n) is 3.52. The Hall–Kier alpha value is -1.58. The van der Waals surface area contributed by atoms with Gasteiger partial charge in [-0.25, -0.2) is 0 Å². The highest BCUT2D eigenvalue weighted by molar-refractivity contribution is 5.84. The van der Waals surface area contributed by atoms with E-state index in [0.29, 0.717) is 6.42 Å². The average molecular weight is 310 g/mol. The minimum atomic E-state index is -1.12. The summed E-state index contributed by atoms with van der Waals surface area (Å²) >= 11 is 0. The number of rotatable bonds is 11. The molecule has 0 aliphatic carbocycles. The Labute approximate surface area is 134 Å². The Balaban J connectivity index is 0. The molecule has 128 valence electrons. The molecule has 1 atom stereocenters. The van der Waals surface area contributed by atoms with Crippen LogP contribution in [0.4, 0.5) is 0 Å². The first-order chi connectivity index (χ1) is 10.3. The van der Waals surface area contributed by atoms with Gasteiger partial charge in [-0.1, -0.05) is 59.6 Å². The first-order valence-electron chi connectivity index (χ1n) is 8.10. The molecule has 0 saturated carbocycles. The molecular formula is C18H30O4-2. The van der Waals surface area contributed by atoms with Crippen molar-refractivity contribution in [3.8, 4) is 0 Å². The van der Waals surface area contributed by atoms with Crippen LogP contribution in [0.15, 0.2) is 24.3 Å². The van der Waals surface area contributed by atoms with Gasteiger partial charge in [-0.05, 0) is 42.7 Å². The fraction of sp³-hybridized carbons (Fsp3) is 0.667. The van der Waals surface area contributed by atoms with Crippen LogP contribution in [0.3, 0.4) is 0 Å². The van der Waals surface area contributed by atoms with Crippen LogP contribution in [0.1, 0.15) is 72.1 Å². The van der Waals surface area contributed by atoms with Crippen molar-refractivity contribution in [2.75, 3.05) is 0 Å². The second-order valence-electron chi connectivity index (χ2n) is 5.41. The Morgan fingerprint density at radius 2 is 1.45 bits per heavy atom. The van der Waals surface area contributed by atoms with E-state index >= 15 is 0 Å². The van der Waals surface area contributed by atoms with Crippen molar-refractivity contribution in [1.29, 1.82) is 0 Å². The van der Waals surface area contributed by atoms with Gasteiger partial charge in [0.15, 0.2) is 0 Å². The molecule has 0 aliphatic heterocycles. The topological polar surface area (TPSA) is 80.3 Å². The molecular weight excluding hydrogens is 280 g/mol. The molecule has 0 aromatic rings. The summed E-state index contributed by atoms with van der Waals surface area (Å²) in [7, 11) is 0. The number of hydrogen-bond donors (Lipinski definition) is 0. The summed E-state index contributed by atoms with van der Waals surface area (Å²) in [4.78, 5) is 20.5. The Kier molecular flexibility index (Phi) is 14.8. The van der Waals surface area contributed by atoms with E-state index in [0.717, 1.165) is 44.9 Å². The van der Waals surface area contributed by atoms with Gasteiger partial charge in [0.05, 0.1) is 11.9 Å². The molecule has 0 radical (unpaired) electrons. The number of unbranched alkanes of at least 4 members (excludes halogenated alkanes) is 3. The summed E-state index contributed by atoms with van der Waals surface area (Å²) in [6, 6.07) is 0. The summed E-state index contributed by atoms with van der Waals surface area (Å²) in [6.07, 6.45) is 7.61. The SMILES string of the molecule is C=C(C(=O)[O-])C(CC)CCCCC.C=C(CCCC)C(=O)[O-]. The molecule has 1 unspecified atom stereocenters. The smallest absolute Gasteiger partial charge is 0.0671 e. The molecule has 0 aliphatic rings. The van der Waals surface area contributed by atoms with Gasteiger partial charge in [0.25, 0.3) is 0 Å². The molecule has 4 heteroatoms. The predicted molar refractivity (Wildman–Crippen MR) is 85.7 cm³/mol. The number of carboxylic acids is 2. The maximum absolute atomic E-state index is 10.5. The van der Waals surface area contributed by atoms with E-state index < -0.39 is 11.9 Å². The molecule has 22 heavy (non-hydrogen) atoms. The maximum Gasteiger partial charge on any atom is 0.0671 e. The molecule has 0 heterocycles. The summed E-state index contributed by atoms with van der Waals surface area (Å²) < 4.78 is 0. The normalized spacial score (nSPS) is 11.0. The second kappa shape index (κ2) is 14.4. The van der Waals surface area contributed by atoms with Gasteiger partial charge in [0.2, 0.25) is 0 Å². The lowest BCUT2D eigenvalue weighted by Gasteiger charge is -2.18. The van der Waals surface area contributed by atoms with Gasteiger partial charge >= 0.3 is 0 Å². The van der Waals surface area contributed by atoms with Crippen molar-refractivity contribution >= 4 is 11.9 Å². The van der Waals surface area contributed by atoms with E-state index in [1.165, 1.54) is 0 Å². The number of carboxylic acid groups (broad SMARTS) is 2. The monoisotopic (exact) mass is 310 g/mol. The molecule has 4 nitrogen and oxygen atoms in total. The summed E-state index contributed by atoms with van der Waals surface area (Å²) in [5.74, 6) is -2.11. The summed E-state index contributed by atoms with van der Waals surface area (Å²) in [6.45, 7) is 13.0.